The van der Waals surface area contributed by atoms with Crippen LogP contribution in [-0.4, -0.2) is 11.0 Å². The van der Waals surface area contributed by atoms with Gasteiger partial charge in [-0.15, -0.1) is 0 Å². The number of nitrogens with one attached hydrogen (secondary N) is 1. The van der Waals surface area contributed by atoms with Crippen LogP contribution in [0.25, 0.3) is 0 Å². The number of carbonyl (C=O) groups excluding carboxylic acids is 1. The fourth-order valence-corrected chi connectivity index (χ4v) is 2.85. The van der Waals surface area contributed by atoms with Gasteiger partial charge in [-0.3, -0.25) is 4.79 Å². The second-order valence-electron chi connectivity index (χ2n) is 6.74. The van der Waals surface area contributed by atoms with Crippen LogP contribution in [-0.2, 0) is 17.9 Å². The Morgan fingerprint density at radius 3 is 2.67 bits per heavy atom. The molecule has 3 nitrogen and oxygen atoms in total. The Morgan fingerprint density at radius 2 is 2.05 bits per heavy atom. The first kappa shape index (κ1) is 16.0. The minimum Gasteiger partial charge on any atom is -0.392 e. The largest absolute Gasteiger partial charge is 0.392 e. The predicted molar refractivity (Wildman–Crippen MR) is 79.9 cm³/mol. The smallest absolute Gasteiger partial charge is 0.223 e. The van der Waals surface area contributed by atoms with Gasteiger partial charge in [0.15, 0.2) is 0 Å². The van der Waals surface area contributed by atoms with Gasteiger partial charge in [0.1, 0.15) is 5.82 Å². The summed E-state index contributed by atoms with van der Waals surface area (Å²) in [6.07, 6.45) is 4.03. The van der Waals surface area contributed by atoms with Crippen molar-refractivity contribution in [1.29, 1.82) is 0 Å². The normalized spacial score (nSPS) is 18.5. The highest BCUT2D eigenvalue weighted by Gasteiger charge is 2.30. The van der Waals surface area contributed by atoms with E-state index in [1.807, 2.05) is 0 Å². The third-order valence-corrected chi connectivity index (χ3v) is 4.46. The maximum atomic E-state index is 13.3. The molecule has 4 heteroatoms. The molecule has 0 saturated heterocycles. The van der Waals surface area contributed by atoms with Crippen molar-refractivity contribution in [2.24, 2.45) is 11.3 Å². The maximum absolute atomic E-state index is 13.3. The van der Waals surface area contributed by atoms with E-state index in [4.69, 9.17) is 5.11 Å². The lowest BCUT2D eigenvalue weighted by molar-refractivity contribution is -0.126. The number of aliphatic hydroxyl groups is 1. The molecule has 0 aromatic heterocycles. The highest BCUT2D eigenvalue weighted by molar-refractivity contribution is 5.78. The first-order valence-corrected chi connectivity index (χ1v) is 7.57. The second-order valence-corrected chi connectivity index (χ2v) is 6.74. The lowest BCUT2D eigenvalue weighted by Crippen LogP contribution is -2.34. The average molecular weight is 293 g/mol. The lowest BCUT2D eigenvalue weighted by atomic mass is 9.73. The van der Waals surface area contributed by atoms with Crippen molar-refractivity contribution >= 4 is 5.91 Å². The van der Waals surface area contributed by atoms with E-state index in [1.165, 1.54) is 6.07 Å². The monoisotopic (exact) mass is 293 g/mol. The van der Waals surface area contributed by atoms with Crippen LogP contribution in [0.15, 0.2) is 18.2 Å². The SMILES string of the molecule is CC1(C)CCC(C(=O)NCc2ccc(F)c(CO)c2)CC1. The molecule has 1 saturated carbocycles. The molecule has 1 aromatic rings. The molecule has 1 aromatic carbocycles. The van der Waals surface area contributed by atoms with Gasteiger partial charge in [-0.25, -0.2) is 4.39 Å². The van der Waals surface area contributed by atoms with Crippen LogP contribution in [0, 0.1) is 17.2 Å². The number of rotatable bonds is 4. The summed E-state index contributed by atoms with van der Waals surface area (Å²) >= 11 is 0. The zero-order valence-corrected chi connectivity index (χ0v) is 12.8. The molecule has 2 N–H and O–H groups in total. The summed E-state index contributed by atoms with van der Waals surface area (Å²) in [6, 6.07) is 4.56. The number of halogens is 1. The van der Waals surface area contributed by atoms with E-state index in [0.717, 1.165) is 31.2 Å². The lowest BCUT2D eigenvalue weighted by Gasteiger charge is -2.33. The first-order chi connectivity index (χ1) is 9.91. The number of hydrogen-bond acceptors (Lipinski definition) is 2. The van der Waals surface area contributed by atoms with E-state index in [-0.39, 0.29) is 24.0 Å². The van der Waals surface area contributed by atoms with Gasteiger partial charge < -0.3 is 10.4 Å². The molecule has 0 aliphatic heterocycles. The van der Waals surface area contributed by atoms with Crippen LogP contribution >= 0.6 is 0 Å². The number of carbonyl (C=O) groups is 1. The summed E-state index contributed by atoms with van der Waals surface area (Å²) in [4.78, 5) is 12.2. The quantitative estimate of drug-likeness (QED) is 0.896. The fourth-order valence-electron chi connectivity index (χ4n) is 2.85. The molecule has 0 radical (unpaired) electrons. The Balaban J connectivity index is 1.87. The molecule has 0 unspecified atom stereocenters. The maximum Gasteiger partial charge on any atom is 0.223 e. The summed E-state index contributed by atoms with van der Waals surface area (Å²) in [5, 5.41) is 12.0. The van der Waals surface area contributed by atoms with Gasteiger partial charge >= 0.3 is 0 Å². The van der Waals surface area contributed by atoms with Crippen LogP contribution in [0.1, 0.15) is 50.7 Å². The summed E-state index contributed by atoms with van der Waals surface area (Å²) in [5.41, 5.74) is 1.43. The number of amides is 1. The molecule has 1 aliphatic rings. The number of aliphatic hydroxyl groups excluding tert-OH is 1. The van der Waals surface area contributed by atoms with E-state index < -0.39 is 5.82 Å². The van der Waals surface area contributed by atoms with Crippen molar-refractivity contribution in [1.82, 2.24) is 5.32 Å². The van der Waals surface area contributed by atoms with E-state index in [1.54, 1.807) is 12.1 Å². The number of benzene rings is 1. The molecule has 0 bridgehead atoms. The minimum absolute atomic E-state index is 0.0837. The average Bonchev–Trinajstić information content (AvgIpc) is 2.46. The minimum atomic E-state index is -0.415. The Morgan fingerprint density at radius 1 is 1.38 bits per heavy atom. The van der Waals surface area contributed by atoms with Crippen LogP contribution in [0.3, 0.4) is 0 Å². The van der Waals surface area contributed by atoms with E-state index in [2.05, 4.69) is 19.2 Å². The Hall–Kier alpha value is -1.42. The van der Waals surface area contributed by atoms with Gasteiger partial charge in [-0.2, -0.15) is 0 Å². The molecule has 1 fully saturated rings. The van der Waals surface area contributed by atoms with Gasteiger partial charge in [-0.05, 0) is 48.8 Å². The molecule has 2 rings (SSSR count). The van der Waals surface area contributed by atoms with Crippen molar-refractivity contribution in [3.8, 4) is 0 Å². The van der Waals surface area contributed by atoms with E-state index >= 15 is 0 Å². The zero-order valence-electron chi connectivity index (χ0n) is 12.8. The van der Waals surface area contributed by atoms with Crippen LogP contribution in [0.2, 0.25) is 0 Å². The van der Waals surface area contributed by atoms with Crippen LogP contribution in [0.5, 0.6) is 0 Å². The molecule has 1 aliphatic carbocycles. The third-order valence-electron chi connectivity index (χ3n) is 4.46. The summed E-state index contributed by atoms with van der Waals surface area (Å²) < 4.78 is 13.3. The second kappa shape index (κ2) is 6.56. The standard InChI is InChI=1S/C17H24FNO2/c1-17(2)7-5-13(6-8-17)16(21)19-10-12-3-4-15(18)14(9-12)11-20/h3-4,9,13,20H,5-8,10-11H2,1-2H3,(H,19,21). The van der Waals surface area contributed by atoms with Crippen LogP contribution in [0.4, 0.5) is 4.39 Å². The van der Waals surface area contributed by atoms with Gasteiger partial charge in [0.05, 0.1) is 6.61 Å². The molecule has 0 spiro atoms. The van der Waals surface area contributed by atoms with E-state index in [0.29, 0.717) is 12.0 Å². The van der Waals surface area contributed by atoms with Gasteiger partial charge in [0, 0.05) is 18.0 Å². The van der Waals surface area contributed by atoms with Crippen LogP contribution < -0.4 is 5.32 Å². The molecule has 1 amide bonds. The zero-order chi connectivity index (χ0) is 15.5. The third kappa shape index (κ3) is 4.27. The van der Waals surface area contributed by atoms with Gasteiger partial charge in [-0.1, -0.05) is 19.9 Å². The Bertz CT molecular complexity index is 504. The highest BCUT2D eigenvalue weighted by atomic mass is 19.1. The van der Waals surface area contributed by atoms with Crippen molar-refractivity contribution in [3.05, 3.63) is 35.1 Å². The van der Waals surface area contributed by atoms with Crippen molar-refractivity contribution in [2.75, 3.05) is 0 Å². The Labute approximate surface area is 125 Å². The van der Waals surface area contributed by atoms with Crippen molar-refractivity contribution < 1.29 is 14.3 Å². The fraction of sp³-hybridized carbons (Fsp3) is 0.588. The summed E-state index contributed by atoms with van der Waals surface area (Å²) in [6.45, 7) is 4.55. The Kier molecular flexibility index (Phi) is 4.99. The van der Waals surface area contributed by atoms with Crippen molar-refractivity contribution in [2.45, 2.75) is 52.7 Å². The molecular formula is C17H24FNO2. The highest BCUT2D eigenvalue weighted by Crippen LogP contribution is 2.37. The molecule has 21 heavy (non-hydrogen) atoms. The summed E-state index contributed by atoms with van der Waals surface area (Å²) in [7, 11) is 0. The van der Waals surface area contributed by atoms with E-state index in [9.17, 15) is 9.18 Å². The molecule has 116 valence electrons. The molecule has 0 atom stereocenters. The molecular weight excluding hydrogens is 269 g/mol. The first-order valence-electron chi connectivity index (χ1n) is 7.57. The number of hydrogen-bond donors (Lipinski definition) is 2. The summed E-state index contributed by atoms with van der Waals surface area (Å²) in [5.74, 6) is -0.238. The molecule has 0 heterocycles. The predicted octanol–water partition coefficient (Wildman–Crippen LogP) is 3.15. The van der Waals surface area contributed by atoms with Crippen molar-refractivity contribution in [3.63, 3.8) is 0 Å². The van der Waals surface area contributed by atoms with Gasteiger partial charge in [0.2, 0.25) is 5.91 Å². The van der Waals surface area contributed by atoms with Gasteiger partial charge in [0.25, 0.3) is 0 Å². The topological polar surface area (TPSA) is 49.3 Å².